The van der Waals surface area contributed by atoms with E-state index in [1.54, 1.807) is 30.3 Å². The first-order chi connectivity index (χ1) is 11.9. The largest absolute Gasteiger partial charge is 0.340 e. The van der Waals surface area contributed by atoms with Gasteiger partial charge in [0, 0.05) is 0 Å². The minimum atomic E-state index is -3.46. The van der Waals surface area contributed by atoms with Crippen LogP contribution < -0.4 is 5.69 Å². The van der Waals surface area contributed by atoms with Gasteiger partial charge in [0.2, 0.25) is 0 Å². The van der Waals surface area contributed by atoms with Crippen LogP contribution in [0.1, 0.15) is 17.0 Å². The summed E-state index contributed by atoms with van der Waals surface area (Å²) < 4.78 is 24.4. The lowest BCUT2D eigenvalue weighted by molar-refractivity contribution is 0.593. The van der Waals surface area contributed by atoms with Crippen LogP contribution in [-0.2, 0) is 21.3 Å². The number of benzene rings is 2. The zero-order valence-electron chi connectivity index (χ0n) is 13.1. The van der Waals surface area contributed by atoms with Crippen molar-refractivity contribution in [2.45, 2.75) is 11.5 Å². The van der Waals surface area contributed by atoms with E-state index in [2.05, 4.69) is 21.3 Å². The first kappa shape index (κ1) is 16.7. The van der Waals surface area contributed by atoms with Crippen molar-refractivity contribution >= 4 is 9.84 Å². The number of aromatic amines is 2. The van der Waals surface area contributed by atoms with Crippen LogP contribution in [0.25, 0.3) is 11.1 Å². The van der Waals surface area contributed by atoms with Crippen LogP contribution in [0.15, 0.2) is 53.3 Å². The number of hydrogen-bond acceptors (Lipinski definition) is 5. The van der Waals surface area contributed by atoms with Crippen LogP contribution in [0.5, 0.6) is 0 Å². The van der Waals surface area contributed by atoms with Crippen molar-refractivity contribution in [2.75, 3.05) is 0 Å². The van der Waals surface area contributed by atoms with Crippen molar-refractivity contribution < 1.29 is 8.42 Å². The SMILES string of the molecule is N#Cc1cccc(-c2ccc(CS(=O)(=O)Cc3n[nH]c(=O)[nH]3)cc2)c1. The van der Waals surface area contributed by atoms with Gasteiger partial charge in [0.05, 0.1) is 17.4 Å². The molecule has 0 atom stereocenters. The molecule has 0 bridgehead atoms. The van der Waals surface area contributed by atoms with Gasteiger partial charge in [-0.25, -0.2) is 18.3 Å². The standard InChI is InChI=1S/C17H14N4O3S/c18-9-13-2-1-3-15(8-13)14-6-4-12(5-7-14)10-25(23,24)11-16-19-17(22)21-20-16/h1-8H,10-11H2,(H2,19,20,21,22). The van der Waals surface area contributed by atoms with Gasteiger partial charge in [0.25, 0.3) is 0 Å². The first-order valence-electron chi connectivity index (χ1n) is 7.39. The molecule has 3 aromatic rings. The van der Waals surface area contributed by atoms with Crippen molar-refractivity contribution in [3.05, 3.63) is 76.0 Å². The van der Waals surface area contributed by atoms with Crippen molar-refractivity contribution in [2.24, 2.45) is 0 Å². The van der Waals surface area contributed by atoms with Crippen LogP contribution in [0.4, 0.5) is 0 Å². The molecule has 7 nitrogen and oxygen atoms in total. The van der Waals surface area contributed by atoms with Gasteiger partial charge >= 0.3 is 5.69 Å². The first-order valence-corrected chi connectivity index (χ1v) is 9.21. The minimum Gasteiger partial charge on any atom is -0.292 e. The Hall–Kier alpha value is -3.18. The monoisotopic (exact) mass is 354 g/mol. The number of nitrogens with zero attached hydrogens (tertiary/aromatic N) is 2. The van der Waals surface area contributed by atoms with Crippen LogP contribution in [0.3, 0.4) is 0 Å². The number of rotatable bonds is 5. The van der Waals surface area contributed by atoms with Gasteiger partial charge in [-0.05, 0) is 28.8 Å². The molecule has 0 unspecified atom stereocenters. The van der Waals surface area contributed by atoms with Crippen molar-refractivity contribution in [1.82, 2.24) is 15.2 Å². The summed E-state index contributed by atoms with van der Waals surface area (Å²) in [7, 11) is -3.46. The summed E-state index contributed by atoms with van der Waals surface area (Å²) >= 11 is 0. The molecule has 0 radical (unpaired) electrons. The Morgan fingerprint density at radius 3 is 2.44 bits per heavy atom. The number of H-pyrrole nitrogens is 2. The van der Waals surface area contributed by atoms with E-state index in [0.29, 0.717) is 11.1 Å². The summed E-state index contributed by atoms with van der Waals surface area (Å²) in [4.78, 5) is 13.3. The zero-order valence-corrected chi connectivity index (χ0v) is 13.9. The van der Waals surface area contributed by atoms with Gasteiger partial charge in [-0.15, -0.1) is 0 Å². The lowest BCUT2D eigenvalue weighted by atomic mass is 10.0. The quantitative estimate of drug-likeness (QED) is 0.723. The normalized spacial score (nSPS) is 11.2. The summed E-state index contributed by atoms with van der Waals surface area (Å²) in [5.74, 6) is -0.395. The number of hydrogen-bond donors (Lipinski definition) is 2. The maximum absolute atomic E-state index is 12.2. The van der Waals surface area contributed by atoms with Crippen molar-refractivity contribution in [3.63, 3.8) is 0 Å². The molecular weight excluding hydrogens is 340 g/mol. The molecule has 0 saturated carbocycles. The Labute approximate surface area is 143 Å². The molecule has 0 aliphatic rings. The van der Waals surface area contributed by atoms with E-state index in [9.17, 15) is 13.2 Å². The van der Waals surface area contributed by atoms with Gasteiger partial charge in [-0.3, -0.25) is 4.98 Å². The highest BCUT2D eigenvalue weighted by atomic mass is 32.2. The molecule has 0 aliphatic heterocycles. The highest BCUT2D eigenvalue weighted by Gasteiger charge is 2.15. The summed E-state index contributed by atoms with van der Waals surface area (Å²) in [6.07, 6.45) is 0. The average molecular weight is 354 g/mol. The molecule has 0 amide bonds. The summed E-state index contributed by atoms with van der Waals surface area (Å²) in [5.41, 5.74) is 2.46. The fourth-order valence-electron chi connectivity index (χ4n) is 2.45. The van der Waals surface area contributed by atoms with Gasteiger partial charge in [0.15, 0.2) is 9.84 Å². The maximum Gasteiger partial charge on any atom is 0.340 e. The van der Waals surface area contributed by atoms with Crippen LogP contribution in [0, 0.1) is 11.3 Å². The van der Waals surface area contributed by atoms with Crippen LogP contribution in [0.2, 0.25) is 0 Å². The second kappa shape index (κ2) is 6.75. The van der Waals surface area contributed by atoms with E-state index in [-0.39, 0.29) is 17.3 Å². The Balaban J connectivity index is 1.76. The average Bonchev–Trinajstić information content (AvgIpc) is 2.99. The van der Waals surface area contributed by atoms with Gasteiger partial charge in [0.1, 0.15) is 11.6 Å². The second-order valence-electron chi connectivity index (χ2n) is 5.55. The molecule has 0 fully saturated rings. The summed E-state index contributed by atoms with van der Waals surface area (Å²) in [5, 5.41) is 14.7. The minimum absolute atomic E-state index is 0.0925. The third-order valence-corrected chi connectivity index (χ3v) is 5.06. The lowest BCUT2D eigenvalue weighted by Crippen LogP contribution is -2.09. The molecule has 1 heterocycles. The smallest absolute Gasteiger partial charge is 0.292 e. The summed E-state index contributed by atoms with van der Waals surface area (Å²) in [6, 6.07) is 16.4. The molecule has 0 saturated heterocycles. The summed E-state index contributed by atoms with van der Waals surface area (Å²) in [6.45, 7) is 0. The third kappa shape index (κ3) is 4.22. The topological polar surface area (TPSA) is 119 Å². The Kier molecular flexibility index (Phi) is 4.50. The predicted molar refractivity (Wildman–Crippen MR) is 92.1 cm³/mol. The molecule has 2 N–H and O–H groups in total. The maximum atomic E-state index is 12.2. The molecule has 3 rings (SSSR count). The second-order valence-corrected chi connectivity index (χ2v) is 7.61. The Morgan fingerprint density at radius 2 is 1.80 bits per heavy atom. The predicted octanol–water partition coefficient (Wildman–Crippen LogP) is 1.75. The molecular formula is C17H14N4O3S. The fraction of sp³-hybridized carbons (Fsp3) is 0.118. The highest BCUT2D eigenvalue weighted by Crippen LogP contribution is 2.21. The third-order valence-electron chi connectivity index (χ3n) is 3.57. The zero-order chi connectivity index (χ0) is 17.9. The molecule has 25 heavy (non-hydrogen) atoms. The molecule has 0 spiro atoms. The van der Waals surface area contributed by atoms with Gasteiger partial charge in [-0.2, -0.15) is 10.4 Å². The fourth-order valence-corrected chi connectivity index (χ4v) is 3.80. The van der Waals surface area contributed by atoms with E-state index >= 15 is 0 Å². The molecule has 8 heteroatoms. The van der Waals surface area contributed by atoms with E-state index < -0.39 is 15.5 Å². The van der Waals surface area contributed by atoms with Crippen LogP contribution in [-0.4, -0.2) is 23.6 Å². The van der Waals surface area contributed by atoms with Crippen molar-refractivity contribution in [3.8, 4) is 17.2 Å². The highest BCUT2D eigenvalue weighted by molar-refractivity contribution is 7.89. The van der Waals surface area contributed by atoms with E-state index in [4.69, 9.17) is 5.26 Å². The Morgan fingerprint density at radius 1 is 1.04 bits per heavy atom. The van der Waals surface area contributed by atoms with Gasteiger partial charge in [-0.1, -0.05) is 36.4 Å². The number of nitriles is 1. The van der Waals surface area contributed by atoms with Crippen molar-refractivity contribution in [1.29, 1.82) is 5.26 Å². The molecule has 1 aromatic heterocycles. The van der Waals surface area contributed by atoms with Gasteiger partial charge < -0.3 is 0 Å². The Bertz CT molecular complexity index is 1090. The lowest BCUT2D eigenvalue weighted by Gasteiger charge is -2.06. The number of nitrogens with one attached hydrogen (secondary N) is 2. The van der Waals surface area contributed by atoms with E-state index in [0.717, 1.165) is 11.1 Å². The molecule has 0 aliphatic carbocycles. The molecule has 126 valence electrons. The number of aromatic nitrogens is 3. The molecule has 2 aromatic carbocycles. The van der Waals surface area contributed by atoms with E-state index in [1.165, 1.54) is 0 Å². The number of sulfone groups is 1. The van der Waals surface area contributed by atoms with Crippen LogP contribution >= 0.6 is 0 Å². The van der Waals surface area contributed by atoms with E-state index in [1.807, 2.05) is 18.2 Å².